The predicted molar refractivity (Wildman–Crippen MR) is 136 cm³/mol. The van der Waals surface area contributed by atoms with E-state index in [0.717, 1.165) is 13.1 Å². The first kappa shape index (κ1) is 23.7. The van der Waals surface area contributed by atoms with Gasteiger partial charge in [-0.3, -0.25) is 18.9 Å². The molecule has 186 valence electrons. The zero-order chi connectivity index (χ0) is 25.1. The molecule has 0 spiro atoms. The van der Waals surface area contributed by atoms with E-state index >= 15 is 0 Å². The minimum atomic E-state index is -0.406. The van der Waals surface area contributed by atoms with Crippen molar-refractivity contribution in [1.29, 1.82) is 0 Å². The summed E-state index contributed by atoms with van der Waals surface area (Å²) >= 11 is 0. The molecule has 10 nitrogen and oxygen atoms in total. The predicted octanol–water partition coefficient (Wildman–Crippen LogP) is 1.70. The number of anilines is 2. The zero-order valence-electron chi connectivity index (χ0n) is 20.1. The number of carbonyl (C=O) groups is 1. The van der Waals surface area contributed by atoms with Crippen LogP contribution in [0.4, 0.5) is 11.5 Å². The number of nitrogen functional groups attached to an aromatic ring is 1. The standard InChI is InChI=1S/C26H28N6O4/c1-2-36-19-8-6-18(7-9-19)28-25(33)20-17-21-24(29-22-5-3-4-10-31(22)26(21)34)32(23(20)27)12-11-30-13-15-35-16-14-30/h3-10,17,27H,2,11-16H2,1H3,(H,28,33)/p+1. The van der Waals surface area contributed by atoms with Crippen LogP contribution in [0.1, 0.15) is 17.3 Å². The van der Waals surface area contributed by atoms with Crippen molar-refractivity contribution in [2.24, 2.45) is 0 Å². The molecule has 1 fully saturated rings. The molecule has 0 atom stereocenters. The van der Waals surface area contributed by atoms with E-state index < -0.39 is 5.91 Å². The van der Waals surface area contributed by atoms with Crippen molar-refractivity contribution >= 4 is 34.1 Å². The molecule has 0 unspecified atom stereocenters. The number of aromatic nitrogens is 3. The number of nitrogens with zero attached hydrogens (tertiary/aromatic N) is 4. The molecule has 36 heavy (non-hydrogen) atoms. The highest BCUT2D eigenvalue weighted by Crippen LogP contribution is 2.19. The van der Waals surface area contributed by atoms with E-state index in [2.05, 4.69) is 10.2 Å². The third-order valence-corrected chi connectivity index (χ3v) is 6.27. The van der Waals surface area contributed by atoms with Gasteiger partial charge in [0, 0.05) is 31.5 Å². The number of carbonyl (C=O) groups excluding carboxylic acids is 1. The van der Waals surface area contributed by atoms with Crippen LogP contribution in [-0.4, -0.2) is 59.6 Å². The van der Waals surface area contributed by atoms with Crippen LogP contribution in [0.2, 0.25) is 0 Å². The topological polar surface area (TPSA) is 115 Å². The lowest BCUT2D eigenvalue weighted by Gasteiger charge is -2.26. The maximum atomic E-state index is 13.4. The van der Waals surface area contributed by atoms with Crippen LogP contribution in [0.5, 0.6) is 5.75 Å². The molecular weight excluding hydrogens is 460 g/mol. The highest BCUT2D eigenvalue weighted by molar-refractivity contribution is 6.08. The molecule has 3 N–H and O–H groups in total. The van der Waals surface area contributed by atoms with Crippen LogP contribution in [0.3, 0.4) is 0 Å². The molecule has 0 bridgehead atoms. The van der Waals surface area contributed by atoms with Gasteiger partial charge >= 0.3 is 0 Å². The number of amides is 1. The molecule has 0 saturated carbocycles. The third kappa shape index (κ3) is 4.73. The number of hydrogen-bond donors (Lipinski definition) is 2. The van der Waals surface area contributed by atoms with Gasteiger partial charge in [-0.2, -0.15) is 0 Å². The summed E-state index contributed by atoms with van der Waals surface area (Å²) in [4.78, 5) is 33.7. The van der Waals surface area contributed by atoms with E-state index in [-0.39, 0.29) is 16.9 Å². The Morgan fingerprint density at radius 3 is 2.72 bits per heavy atom. The largest absolute Gasteiger partial charge is 0.494 e. The van der Waals surface area contributed by atoms with Crippen molar-refractivity contribution in [3.63, 3.8) is 0 Å². The van der Waals surface area contributed by atoms with Gasteiger partial charge in [0.25, 0.3) is 17.1 Å². The molecule has 5 rings (SSSR count). The number of pyridine rings is 2. The lowest BCUT2D eigenvalue weighted by molar-refractivity contribution is -0.658. The van der Waals surface area contributed by atoms with Gasteiger partial charge in [-0.25, -0.2) is 4.57 Å². The Labute approximate surface area is 207 Å². The van der Waals surface area contributed by atoms with Crippen molar-refractivity contribution in [1.82, 2.24) is 14.3 Å². The average molecular weight is 490 g/mol. The summed E-state index contributed by atoms with van der Waals surface area (Å²) in [6.07, 6.45) is 1.66. The Morgan fingerprint density at radius 1 is 1.19 bits per heavy atom. The molecule has 1 aliphatic heterocycles. The first-order valence-corrected chi connectivity index (χ1v) is 12.0. The number of fused-ring (bicyclic) bond motifs is 2. The second kappa shape index (κ2) is 10.3. The van der Waals surface area contributed by atoms with Crippen molar-refractivity contribution in [3.8, 4) is 5.75 Å². The van der Waals surface area contributed by atoms with E-state index in [0.29, 0.717) is 61.0 Å². The van der Waals surface area contributed by atoms with Crippen LogP contribution in [0, 0.1) is 0 Å². The van der Waals surface area contributed by atoms with Gasteiger partial charge in [0.2, 0.25) is 11.5 Å². The monoisotopic (exact) mass is 489 g/mol. The first-order valence-electron chi connectivity index (χ1n) is 12.0. The molecule has 1 saturated heterocycles. The fraction of sp³-hybridized carbons (Fsp3) is 0.308. The minimum absolute atomic E-state index is 0.216. The lowest BCUT2D eigenvalue weighted by Crippen LogP contribution is -2.48. The van der Waals surface area contributed by atoms with E-state index in [9.17, 15) is 9.59 Å². The summed E-state index contributed by atoms with van der Waals surface area (Å²) in [6.45, 7) is 6.61. The van der Waals surface area contributed by atoms with Crippen LogP contribution in [0.15, 0.2) is 59.5 Å². The number of nitrogens with two attached hydrogens (primary N) is 1. The molecule has 1 aliphatic rings. The van der Waals surface area contributed by atoms with E-state index in [1.165, 1.54) is 10.5 Å². The minimum Gasteiger partial charge on any atom is -0.494 e. The molecule has 4 heterocycles. The molecule has 1 aromatic carbocycles. The smallest absolute Gasteiger partial charge is 0.278 e. The fourth-order valence-electron chi connectivity index (χ4n) is 4.37. The van der Waals surface area contributed by atoms with Crippen LogP contribution in [-0.2, 0) is 11.3 Å². The number of ether oxygens (including phenoxy) is 2. The molecule has 3 aromatic heterocycles. The average Bonchev–Trinajstić information content (AvgIpc) is 2.90. The SMILES string of the molecule is CCOc1ccc(NC(=O)c2cc3c(=O)n4ccccc4nc3[n+](CCN3CCOCC3)c2N)cc1. The van der Waals surface area contributed by atoms with Gasteiger partial charge in [-0.05, 0) is 49.4 Å². The van der Waals surface area contributed by atoms with Crippen LogP contribution < -0.4 is 25.9 Å². The molecular formula is C26H29N6O4+. The number of benzene rings is 1. The normalized spacial score (nSPS) is 14.2. The first-order chi connectivity index (χ1) is 17.5. The number of morpholine rings is 1. The van der Waals surface area contributed by atoms with Crippen molar-refractivity contribution < 1.29 is 18.8 Å². The number of hydrogen-bond acceptors (Lipinski definition) is 7. The molecule has 0 aliphatic carbocycles. The van der Waals surface area contributed by atoms with E-state index in [4.69, 9.17) is 20.2 Å². The van der Waals surface area contributed by atoms with Gasteiger partial charge in [0.05, 0.1) is 26.4 Å². The van der Waals surface area contributed by atoms with Crippen molar-refractivity contribution in [3.05, 3.63) is 70.6 Å². The van der Waals surface area contributed by atoms with Crippen LogP contribution >= 0.6 is 0 Å². The van der Waals surface area contributed by atoms with Gasteiger partial charge in [0.15, 0.2) is 0 Å². The van der Waals surface area contributed by atoms with Crippen molar-refractivity contribution in [2.75, 3.05) is 50.5 Å². The Morgan fingerprint density at radius 2 is 1.97 bits per heavy atom. The summed E-state index contributed by atoms with van der Waals surface area (Å²) < 4.78 is 14.2. The van der Waals surface area contributed by atoms with Gasteiger partial charge in [0.1, 0.15) is 16.7 Å². The summed E-state index contributed by atoms with van der Waals surface area (Å²) in [6, 6.07) is 14.0. The summed E-state index contributed by atoms with van der Waals surface area (Å²) in [7, 11) is 0. The number of nitrogens with one attached hydrogen (secondary N) is 1. The van der Waals surface area contributed by atoms with Crippen molar-refractivity contribution in [2.45, 2.75) is 13.5 Å². The molecule has 10 heteroatoms. The third-order valence-electron chi connectivity index (χ3n) is 6.27. The quantitative estimate of drug-likeness (QED) is 0.300. The van der Waals surface area contributed by atoms with Gasteiger partial charge in [-0.15, -0.1) is 0 Å². The highest BCUT2D eigenvalue weighted by Gasteiger charge is 2.25. The van der Waals surface area contributed by atoms with E-state index in [1.54, 1.807) is 47.2 Å². The number of rotatable bonds is 7. The maximum absolute atomic E-state index is 13.4. The Balaban J connectivity index is 1.56. The Hall–Kier alpha value is -4.02. The summed E-state index contributed by atoms with van der Waals surface area (Å²) in [5.74, 6) is 0.565. The highest BCUT2D eigenvalue weighted by atomic mass is 16.5. The molecule has 1 amide bonds. The van der Waals surface area contributed by atoms with Gasteiger partial charge in [-0.1, -0.05) is 11.1 Å². The maximum Gasteiger partial charge on any atom is 0.278 e. The summed E-state index contributed by atoms with van der Waals surface area (Å²) in [5.41, 5.74) is 8.09. The summed E-state index contributed by atoms with van der Waals surface area (Å²) in [5, 5.41) is 3.20. The lowest BCUT2D eigenvalue weighted by atomic mass is 10.1. The Bertz CT molecular complexity index is 1460. The Kier molecular flexibility index (Phi) is 6.79. The second-order valence-corrected chi connectivity index (χ2v) is 8.54. The second-order valence-electron chi connectivity index (χ2n) is 8.54. The fourth-order valence-corrected chi connectivity index (χ4v) is 4.37. The van der Waals surface area contributed by atoms with Gasteiger partial charge < -0.3 is 20.5 Å². The zero-order valence-corrected chi connectivity index (χ0v) is 20.1. The molecule has 4 aromatic rings. The van der Waals surface area contributed by atoms with Crippen LogP contribution in [0.25, 0.3) is 16.7 Å². The van der Waals surface area contributed by atoms with E-state index in [1.807, 2.05) is 13.0 Å². The molecule has 0 radical (unpaired) electrons.